The highest BCUT2D eigenvalue weighted by atomic mass is 32.2. The van der Waals surface area contributed by atoms with Crippen LogP contribution >= 0.6 is 0 Å². The van der Waals surface area contributed by atoms with Gasteiger partial charge < -0.3 is 9.64 Å². The quantitative estimate of drug-likeness (QED) is 0.896. The molecule has 1 N–H and O–H groups in total. The molecule has 1 aliphatic heterocycles. The molecule has 6 heteroatoms. The second-order valence-corrected chi connectivity index (χ2v) is 7.59. The summed E-state index contributed by atoms with van der Waals surface area (Å²) in [6.07, 6.45) is 1.04. The van der Waals surface area contributed by atoms with Crippen LogP contribution < -0.4 is 9.46 Å². The van der Waals surface area contributed by atoms with E-state index in [9.17, 15) is 8.42 Å². The van der Waals surface area contributed by atoms with E-state index in [1.165, 1.54) is 0 Å². The maximum atomic E-state index is 12.5. The van der Waals surface area contributed by atoms with Gasteiger partial charge in [0.25, 0.3) is 0 Å². The van der Waals surface area contributed by atoms with Crippen LogP contribution in [0.3, 0.4) is 0 Å². The van der Waals surface area contributed by atoms with Crippen molar-refractivity contribution in [3.63, 3.8) is 0 Å². The lowest BCUT2D eigenvalue weighted by atomic mass is 10.1. The van der Waals surface area contributed by atoms with E-state index < -0.39 is 10.0 Å². The fourth-order valence-corrected chi connectivity index (χ4v) is 4.20. The maximum Gasteiger partial charge on any atom is 0.240 e. The van der Waals surface area contributed by atoms with Crippen LogP contribution in [-0.2, 0) is 10.0 Å². The third-order valence-corrected chi connectivity index (χ3v) is 5.60. The predicted octanol–water partition coefficient (Wildman–Crippen LogP) is 1.54. The van der Waals surface area contributed by atoms with Gasteiger partial charge in [-0.3, -0.25) is 0 Å². The molecule has 5 nitrogen and oxygen atoms in total. The standard InChI is InChI=1S/C15H24N2O3S/c1-11-8-15(12(2)7-14(11)20-4)21(18,19)16-9-13-5-6-17(3)10-13/h7-8,13,16H,5-6,9-10H2,1-4H3. The predicted molar refractivity (Wildman–Crippen MR) is 83.3 cm³/mol. The number of hydrogen-bond donors (Lipinski definition) is 1. The lowest BCUT2D eigenvalue weighted by molar-refractivity contribution is 0.394. The van der Waals surface area contributed by atoms with Crippen molar-refractivity contribution >= 4 is 10.0 Å². The van der Waals surface area contributed by atoms with Crippen LogP contribution in [0.1, 0.15) is 17.5 Å². The minimum absolute atomic E-state index is 0.340. The van der Waals surface area contributed by atoms with Gasteiger partial charge in [0.2, 0.25) is 10.0 Å². The second-order valence-electron chi connectivity index (χ2n) is 5.86. The Labute approximate surface area is 127 Å². The Bertz CT molecular complexity index is 614. The summed E-state index contributed by atoms with van der Waals surface area (Å²) in [5, 5.41) is 0. The first-order valence-electron chi connectivity index (χ1n) is 7.17. The summed E-state index contributed by atoms with van der Waals surface area (Å²) >= 11 is 0. The molecule has 1 heterocycles. The number of aryl methyl sites for hydroxylation is 2. The monoisotopic (exact) mass is 312 g/mol. The average molecular weight is 312 g/mol. The Morgan fingerprint density at radius 2 is 2.05 bits per heavy atom. The van der Waals surface area contributed by atoms with Crippen LogP contribution in [0.25, 0.3) is 0 Å². The van der Waals surface area contributed by atoms with Crippen molar-refractivity contribution in [1.29, 1.82) is 0 Å². The van der Waals surface area contributed by atoms with Crippen LogP contribution in [0.4, 0.5) is 0 Å². The third kappa shape index (κ3) is 3.75. The fourth-order valence-electron chi connectivity index (χ4n) is 2.77. The Balaban J connectivity index is 2.14. The number of methoxy groups -OCH3 is 1. The fraction of sp³-hybridized carbons (Fsp3) is 0.600. The number of ether oxygens (including phenoxy) is 1. The largest absolute Gasteiger partial charge is 0.496 e. The van der Waals surface area contributed by atoms with Gasteiger partial charge in [0.15, 0.2) is 0 Å². The second kappa shape index (κ2) is 6.34. The molecule has 1 unspecified atom stereocenters. The molecule has 0 radical (unpaired) electrons. The van der Waals surface area contributed by atoms with E-state index >= 15 is 0 Å². The van der Waals surface area contributed by atoms with Gasteiger partial charge in [-0.2, -0.15) is 0 Å². The van der Waals surface area contributed by atoms with Crippen molar-refractivity contribution in [3.8, 4) is 5.75 Å². The van der Waals surface area contributed by atoms with Crippen molar-refractivity contribution < 1.29 is 13.2 Å². The molecular weight excluding hydrogens is 288 g/mol. The highest BCUT2D eigenvalue weighted by molar-refractivity contribution is 7.89. The smallest absolute Gasteiger partial charge is 0.240 e. The van der Waals surface area contributed by atoms with Gasteiger partial charge in [0.05, 0.1) is 12.0 Å². The normalized spacial score (nSPS) is 19.9. The number of nitrogens with zero attached hydrogens (tertiary/aromatic N) is 1. The Morgan fingerprint density at radius 3 is 2.62 bits per heavy atom. The topological polar surface area (TPSA) is 58.6 Å². The molecule has 1 aromatic carbocycles. The minimum Gasteiger partial charge on any atom is -0.496 e. The molecular formula is C15H24N2O3S. The molecule has 0 spiro atoms. The van der Waals surface area contributed by atoms with Crippen LogP contribution in [-0.4, -0.2) is 47.1 Å². The van der Waals surface area contributed by atoms with Gasteiger partial charge >= 0.3 is 0 Å². The molecule has 1 aromatic rings. The lowest BCUT2D eigenvalue weighted by Crippen LogP contribution is -2.31. The first-order valence-corrected chi connectivity index (χ1v) is 8.65. The molecule has 1 fully saturated rings. The van der Waals surface area contributed by atoms with Crippen LogP contribution in [0, 0.1) is 19.8 Å². The molecule has 118 valence electrons. The highest BCUT2D eigenvalue weighted by Crippen LogP contribution is 2.25. The molecule has 2 rings (SSSR count). The van der Waals surface area contributed by atoms with Gasteiger partial charge in [0, 0.05) is 13.1 Å². The first kappa shape index (κ1) is 16.3. The van der Waals surface area contributed by atoms with Crippen molar-refractivity contribution in [3.05, 3.63) is 23.3 Å². The van der Waals surface area contributed by atoms with Gasteiger partial charge in [0.1, 0.15) is 5.75 Å². The SMILES string of the molecule is COc1cc(C)c(S(=O)(=O)NCC2CCN(C)C2)cc1C. The van der Waals surface area contributed by atoms with Gasteiger partial charge in [-0.1, -0.05) is 0 Å². The summed E-state index contributed by atoms with van der Waals surface area (Å²) in [5.74, 6) is 1.10. The third-order valence-electron chi connectivity index (χ3n) is 4.03. The summed E-state index contributed by atoms with van der Waals surface area (Å²) in [4.78, 5) is 2.56. The summed E-state index contributed by atoms with van der Waals surface area (Å²) in [7, 11) is 0.182. The number of rotatable bonds is 5. The summed E-state index contributed by atoms with van der Waals surface area (Å²) in [6, 6.07) is 3.45. The van der Waals surface area contributed by atoms with Crippen molar-refractivity contribution in [2.75, 3.05) is 33.8 Å². The van der Waals surface area contributed by atoms with E-state index in [1.807, 2.05) is 6.92 Å². The van der Waals surface area contributed by atoms with Crippen molar-refractivity contribution in [2.24, 2.45) is 5.92 Å². The zero-order chi connectivity index (χ0) is 15.6. The molecule has 0 aromatic heterocycles. The van der Waals surface area contributed by atoms with E-state index in [1.54, 1.807) is 26.2 Å². The zero-order valence-electron chi connectivity index (χ0n) is 13.1. The number of benzene rings is 1. The number of likely N-dealkylation sites (tertiary alicyclic amines) is 1. The molecule has 1 aliphatic rings. The highest BCUT2D eigenvalue weighted by Gasteiger charge is 2.23. The van der Waals surface area contributed by atoms with Crippen LogP contribution in [0.2, 0.25) is 0 Å². The van der Waals surface area contributed by atoms with Crippen molar-refractivity contribution in [2.45, 2.75) is 25.2 Å². The molecule has 0 saturated carbocycles. The maximum absolute atomic E-state index is 12.5. The average Bonchev–Trinajstić information content (AvgIpc) is 2.84. The Kier molecular flexibility index (Phi) is 4.91. The van der Waals surface area contributed by atoms with E-state index in [2.05, 4.69) is 16.7 Å². The molecule has 21 heavy (non-hydrogen) atoms. The van der Waals surface area contributed by atoms with Crippen LogP contribution in [0.5, 0.6) is 5.75 Å². The van der Waals surface area contributed by atoms with Gasteiger partial charge in [-0.25, -0.2) is 13.1 Å². The lowest BCUT2D eigenvalue weighted by Gasteiger charge is -2.15. The Hall–Kier alpha value is -1.11. The van der Waals surface area contributed by atoms with E-state index in [0.29, 0.717) is 28.7 Å². The van der Waals surface area contributed by atoms with Gasteiger partial charge in [-0.15, -0.1) is 0 Å². The summed E-state index contributed by atoms with van der Waals surface area (Å²) in [5.41, 5.74) is 1.53. The van der Waals surface area contributed by atoms with Crippen molar-refractivity contribution in [1.82, 2.24) is 9.62 Å². The number of sulfonamides is 1. The molecule has 1 atom stereocenters. The van der Waals surface area contributed by atoms with Gasteiger partial charge in [-0.05, 0) is 63.0 Å². The Morgan fingerprint density at radius 1 is 1.33 bits per heavy atom. The van der Waals surface area contributed by atoms with E-state index in [0.717, 1.165) is 25.1 Å². The summed E-state index contributed by atoms with van der Waals surface area (Å²) < 4.78 is 32.9. The molecule has 1 saturated heterocycles. The summed E-state index contributed by atoms with van der Waals surface area (Å²) in [6.45, 7) is 6.12. The number of hydrogen-bond acceptors (Lipinski definition) is 4. The first-order chi connectivity index (χ1) is 9.83. The van der Waals surface area contributed by atoms with E-state index in [4.69, 9.17) is 4.74 Å². The molecule has 0 amide bonds. The van der Waals surface area contributed by atoms with E-state index in [-0.39, 0.29) is 0 Å². The minimum atomic E-state index is -3.47. The molecule has 0 aliphatic carbocycles. The molecule has 0 bridgehead atoms. The number of nitrogens with one attached hydrogen (secondary N) is 1. The zero-order valence-corrected chi connectivity index (χ0v) is 14.0. The van der Waals surface area contributed by atoms with Crippen LogP contribution in [0.15, 0.2) is 17.0 Å².